The van der Waals surface area contributed by atoms with Crippen molar-refractivity contribution in [3.05, 3.63) is 82.6 Å². The predicted octanol–water partition coefficient (Wildman–Crippen LogP) is 4.40. The molecule has 4 aromatic rings. The van der Waals surface area contributed by atoms with Crippen LogP contribution in [0.5, 0.6) is 0 Å². The second kappa shape index (κ2) is 8.32. The zero-order chi connectivity index (χ0) is 21.3. The van der Waals surface area contributed by atoms with Crippen LogP contribution in [0.3, 0.4) is 0 Å². The molecule has 3 aromatic carbocycles. The van der Waals surface area contributed by atoms with Crippen LogP contribution in [0.2, 0.25) is 0 Å². The lowest BCUT2D eigenvalue weighted by Crippen LogP contribution is -2.31. The van der Waals surface area contributed by atoms with Gasteiger partial charge in [0.1, 0.15) is 0 Å². The highest BCUT2D eigenvalue weighted by molar-refractivity contribution is 7.99. The Morgan fingerprint density at radius 3 is 2.40 bits per heavy atom. The molecule has 0 spiro atoms. The fraction of sp³-hybridized carbons (Fsp3) is 0.208. The first kappa shape index (κ1) is 20.2. The standard InChI is InChI=1S/C24H23N3O2S/c1-16(17-9-5-4-6-10-17)26(2)22(28)15-30-24-25-21-14-19-12-8-7-11-18(19)13-20(21)23(29)27(24)3/h4-14,16H,15H2,1-3H3/t16-/m1/s1. The molecule has 1 atom stereocenters. The van der Waals surface area contributed by atoms with E-state index in [9.17, 15) is 9.59 Å². The first-order valence-corrected chi connectivity index (χ1v) is 10.8. The quantitative estimate of drug-likeness (QED) is 0.274. The van der Waals surface area contributed by atoms with E-state index in [-0.39, 0.29) is 23.3 Å². The van der Waals surface area contributed by atoms with Gasteiger partial charge in [-0.2, -0.15) is 0 Å². The van der Waals surface area contributed by atoms with Crippen molar-refractivity contribution in [1.82, 2.24) is 14.5 Å². The van der Waals surface area contributed by atoms with E-state index in [1.807, 2.05) is 73.7 Å². The summed E-state index contributed by atoms with van der Waals surface area (Å²) in [7, 11) is 3.51. The van der Waals surface area contributed by atoms with Crippen LogP contribution < -0.4 is 5.56 Å². The van der Waals surface area contributed by atoms with E-state index < -0.39 is 0 Å². The molecule has 0 saturated carbocycles. The fourth-order valence-corrected chi connectivity index (χ4v) is 4.36. The summed E-state index contributed by atoms with van der Waals surface area (Å²) in [5.41, 5.74) is 1.63. The highest BCUT2D eigenvalue weighted by Gasteiger charge is 2.19. The topological polar surface area (TPSA) is 55.2 Å². The van der Waals surface area contributed by atoms with Gasteiger partial charge in [-0.05, 0) is 35.4 Å². The molecule has 1 aromatic heterocycles. The fourth-order valence-electron chi connectivity index (χ4n) is 3.47. The van der Waals surface area contributed by atoms with E-state index in [0.717, 1.165) is 16.3 Å². The van der Waals surface area contributed by atoms with Crippen molar-refractivity contribution in [1.29, 1.82) is 0 Å². The third kappa shape index (κ3) is 3.83. The predicted molar refractivity (Wildman–Crippen MR) is 123 cm³/mol. The largest absolute Gasteiger partial charge is 0.338 e. The van der Waals surface area contributed by atoms with Crippen molar-refractivity contribution >= 4 is 39.3 Å². The highest BCUT2D eigenvalue weighted by Crippen LogP contribution is 2.24. The summed E-state index contributed by atoms with van der Waals surface area (Å²) >= 11 is 1.29. The molecule has 152 valence electrons. The molecular weight excluding hydrogens is 394 g/mol. The van der Waals surface area contributed by atoms with Gasteiger partial charge in [0.15, 0.2) is 5.16 Å². The number of carbonyl (C=O) groups excluding carboxylic acids is 1. The first-order valence-electron chi connectivity index (χ1n) is 9.78. The zero-order valence-corrected chi connectivity index (χ0v) is 18.0. The summed E-state index contributed by atoms with van der Waals surface area (Å²) in [5.74, 6) is 0.205. The van der Waals surface area contributed by atoms with Crippen LogP contribution in [0.15, 0.2) is 76.7 Å². The molecule has 4 rings (SSSR count). The monoisotopic (exact) mass is 417 g/mol. The minimum absolute atomic E-state index is 0.00999. The Morgan fingerprint density at radius 1 is 1.07 bits per heavy atom. The minimum atomic E-state index is -0.105. The first-order chi connectivity index (χ1) is 14.5. The second-order valence-electron chi connectivity index (χ2n) is 7.36. The molecule has 0 saturated heterocycles. The number of amides is 1. The van der Waals surface area contributed by atoms with Gasteiger partial charge in [0.2, 0.25) is 5.91 Å². The molecule has 0 bridgehead atoms. The van der Waals surface area contributed by atoms with Gasteiger partial charge in [0.05, 0.1) is 22.7 Å². The van der Waals surface area contributed by atoms with Gasteiger partial charge < -0.3 is 4.90 Å². The molecule has 5 nitrogen and oxygen atoms in total. The van der Waals surface area contributed by atoms with Crippen molar-refractivity contribution in [3.8, 4) is 0 Å². The third-order valence-corrected chi connectivity index (χ3v) is 6.50. The summed E-state index contributed by atoms with van der Waals surface area (Å²) in [4.78, 5) is 32.0. The maximum absolute atomic E-state index is 12.9. The molecular formula is C24H23N3O2S. The Hall–Kier alpha value is -3.12. The molecule has 6 heteroatoms. The zero-order valence-electron chi connectivity index (χ0n) is 17.2. The Labute approximate surface area is 179 Å². The number of nitrogens with zero attached hydrogens (tertiary/aromatic N) is 3. The van der Waals surface area contributed by atoms with E-state index in [0.29, 0.717) is 16.1 Å². The van der Waals surface area contributed by atoms with Gasteiger partial charge in [0, 0.05) is 14.1 Å². The van der Waals surface area contributed by atoms with Crippen LogP contribution in [0, 0.1) is 0 Å². The van der Waals surface area contributed by atoms with Crippen LogP contribution in [-0.2, 0) is 11.8 Å². The normalized spacial score (nSPS) is 12.2. The van der Waals surface area contributed by atoms with E-state index in [4.69, 9.17) is 0 Å². The molecule has 0 aliphatic heterocycles. The summed E-state index contributed by atoms with van der Waals surface area (Å²) in [6.45, 7) is 2.01. The number of benzene rings is 3. The van der Waals surface area contributed by atoms with Crippen molar-refractivity contribution in [2.45, 2.75) is 18.1 Å². The number of aromatic nitrogens is 2. The molecule has 0 fully saturated rings. The van der Waals surface area contributed by atoms with Crippen molar-refractivity contribution < 1.29 is 4.79 Å². The maximum atomic E-state index is 12.9. The Balaban J connectivity index is 1.57. The van der Waals surface area contributed by atoms with Gasteiger partial charge in [-0.1, -0.05) is 66.4 Å². The number of hydrogen-bond acceptors (Lipinski definition) is 4. The summed E-state index contributed by atoms with van der Waals surface area (Å²) in [6, 6.07) is 21.6. The van der Waals surface area contributed by atoms with Crippen molar-refractivity contribution in [3.63, 3.8) is 0 Å². The Bertz CT molecular complexity index is 1280. The lowest BCUT2D eigenvalue weighted by Gasteiger charge is -2.25. The lowest BCUT2D eigenvalue weighted by atomic mass is 10.1. The minimum Gasteiger partial charge on any atom is -0.338 e. The van der Waals surface area contributed by atoms with E-state index in [2.05, 4.69) is 4.98 Å². The molecule has 1 heterocycles. The van der Waals surface area contributed by atoms with Gasteiger partial charge >= 0.3 is 0 Å². The van der Waals surface area contributed by atoms with Crippen LogP contribution in [-0.4, -0.2) is 33.2 Å². The van der Waals surface area contributed by atoms with Gasteiger partial charge in [-0.3, -0.25) is 14.2 Å². The summed E-state index contributed by atoms with van der Waals surface area (Å²) in [5, 5.41) is 3.17. The van der Waals surface area contributed by atoms with Gasteiger partial charge in [0.25, 0.3) is 5.56 Å². The SMILES string of the molecule is C[C@H](c1ccccc1)N(C)C(=O)CSc1nc2cc3ccccc3cc2c(=O)n1C. The van der Waals surface area contributed by atoms with Crippen molar-refractivity contribution in [2.75, 3.05) is 12.8 Å². The van der Waals surface area contributed by atoms with Crippen LogP contribution >= 0.6 is 11.8 Å². The molecule has 0 N–H and O–H groups in total. The lowest BCUT2D eigenvalue weighted by molar-refractivity contribution is -0.128. The average molecular weight is 418 g/mol. The van der Waals surface area contributed by atoms with Crippen LogP contribution in [0.1, 0.15) is 18.5 Å². The Kier molecular flexibility index (Phi) is 5.59. The number of carbonyl (C=O) groups is 1. The van der Waals surface area contributed by atoms with Gasteiger partial charge in [-0.25, -0.2) is 4.98 Å². The Morgan fingerprint density at radius 2 is 1.70 bits per heavy atom. The average Bonchev–Trinajstić information content (AvgIpc) is 2.78. The molecule has 0 aliphatic rings. The molecule has 0 unspecified atom stereocenters. The van der Waals surface area contributed by atoms with E-state index in [1.165, 1.54) is 16.3 Å². The molecule has 30 heavy (non-hydrogen) atoms. The summed E-state index contributed by atoms with van der Waals surface area (Å²) < 4.78 is 1.52. The number of hydrogen-bond donors (Lipinski definition) is 0. The molecule has 0 radical (unpaired) electrons. The van der Waals surface area contributed by atoms with Crippen LogP contribution in [0.4, 0.5) is 0 Å². The number of thioether (sulfide) groups is 1. The molecule has 0 aliphatic carbocycles. The maximum Gasteiger partial charge on any atom is 0.261 e. The third-order valence-electron chi connectivity index (χ3n) is 5.48. The smallest absolute Gasteiger partial charge is 0.261 e. The van der Waals surface area contributed by atoms with E-state index >= 15 is 0 Å². The number of rotatable bonds is 5. The molecule has 1 amide bonds. The van der Waals surface area contributed by atoms with Crippen molar-refractivity contribution in [2.24, 2.45) is 7.05 Å². The highest BCUT2D eigenvalue weighted by atomic mass is 32.2. The van der Waals surface area contributed by atoms with Gasteiger partial charge in [-0.15, -0.1) is 0 Å². The van der Waals surface area contributed by atoms with Crippen LogP contribution in [0.25, 0.3) is 21.7 Å². The van der Waals surface area contributed by atoms with E-state index in [1.54, 1.807) is 19.0 Å². The number of fused-ring (bicyclic) bond motifs is 2. The second-order valence-corrected chi connectivity index (χ2v) is 8.30. The summed E-state index contributed by atoms with van der Waals surface area (Å²) in [6.07, 6.45) is 0.